The minimum absolute atomic E-state index is 0.641. The zero-order valence-corrected chi connectivity index (χ0v) is 9.27. The van der Waals surface area contributed by atoms with Crippen LogP contribution in [0.25, 0.3) is 0 Å². The second-order valence-corrected chi connectivity index (χ2v) is 3.08. The van der Waals surface area contributed by atoms with Crippen molar-refractivity contribution >= 4 is 0 Å². The molecule has 1 aromatic rings. The average molecular weight is 214 g/mol. The summed E-state index contributed by atoms with van der Waals surface area (Å²) in [6.07, 6.45) is 1.55. The van der Waals surface area contributed by atoms with Gasteiger partial charge in [-0.05, 0) is 0 Å². The van der Waals surface area contributed by atoms with E-state index in [2.05, 4.69) is 15.4 Å². The molecule has 1 heterocycles. The number of nitrogens with one attached hydrogen (secondary N) is 1. The van der Waals surface area contributed by atoms with Crippen molar-refractivity contribution in [1.82, 2.24) is 20.1 Å². The molecule has 1 N–H and O–H groups in total. The Balaban J connectivity index is 1.96. The van der Waals surface area contributed by atoms with E-state index in [1.165, 1.54) is 0 Å². The predicted octanol–water partition coefficient (Wildman–Crippen LogP) is -0.432. The molecule has 0 aromatic carbocycles. The van der Waals surface area contributed by atoms with Crippen LogP contribution in [0, 0.1) is 0 Å². The molecule has 1 aromatic heterocycles. The Morgan fingerprint density at radius 3 is 2.93 bits per heavy atom. The van der Waals surface area contributed by atoms with Gasteiger partial charge in [-0.3, -0.25) is 4.68 Å². The number of methoxy groups -OCH3 is 1. The Morgan fingerprint density at radius 1 is 1.40 bits per heavy atom. The number of hydrogen-bond acceptors (Lipinski definition) is 5. The van der Waals surface area contributed by atoms with E-state index in [1.807, 2.05) is 7.05 Å². The zero-order chi connectivity index (χ0) is 10.9. The largest absolute Gasteiger partial charge is 0.382 e. The van der Waals surface area contributed by atoms with E-state index in [-0.39, 0.29) is 0 Å². The van der Waals surface area contributed by atoms with Crippen LogP contribution < -0.4 is 5.32 Å². The molecule has 0 atom stereocenters. The summed E-state index contributed by atoms with van der Waals surface area (Å²) in [6.45, 7) is 3.48. The van der Waals surface area contributed by atoms with Gasteiger partial charge < -0.3 is 14.8 Å². The van der Waals surface area contributed by atoms with Crippen molar-refractivity contribution in [2.45, 2.75) is 6.54 Å². The average Bonchev–Trinajstić information content (AvgIpc) is 2.63. The lowest BCUT2D eigenvalue weighted by molar-refractivity contribution is 0.0718. The third kappa shape index (κ3) is 4.87. The molecule has 0 bridgehead atoms. The smallest absolute Gasteiger partial charge is 0.140 e. The maximum absolute atomic E-state index is 5.29. The van der Waals surface area contributed by atoms with Gasteiger partial charge >= 0.3 is 0 Å². The van der Waals surface area contributed by atoms with Crippen molar-refractivity contribution in [2.24, 2.45) is 7.05 Å². The SMILES string of the molecule is COCCOCCNCc1ncnn1C. The van der Waals surface area contributed by atoms with Crippen molar-refractivity contribution in [3.05, 3.63) is 12.2 Å². The van der Waals surface area contributed by atoms with Crippen LogP contribution >= 0.6 is 0 Å². The number of rotatable bonds is 8. The van der Waals surface area contributed by atoms with Gasteiger partial charge in [-0.15, -0.1) is 0 Å². The van der Waals surface area contributed by atoms with Crippen molar-refractivity contribution in [3.63, 3.8) is 0 Å². The summed E-state index contributed by atoms with van der Waals surface area (Å²) in [7, 11) is 3.54. The Hall–Kier alpha value is -0.980. The molecule has 0 amide bonds. The van der Waals surface area contributed by atoms with Crippen LogP contribution in [-0.4, -0.2) is 48.2 Å². The van der Waals surface area contributed by atoms with Gasteiger partial charge in [0, 0.05) is 20.7 Å². The number of aryl methyl sites for hydroxylation is 1. The van der Waals surface area contributed by atoms with Gasteiger partial charge in [0.15, 0.2) is 0 Å². The fourth-order valence-electron chi connectivity index (χ4n) is 1.07. The first-order valence-corrected chi connectivity index (χ1v) is 4.95. The lowest BCUT2D eigenvalue weighted by atomic mass is 10.5. The highest BCUT2D eigenvalue weighted by molar-refractivity contribution is 4.81. The molecule has 0 saturated heterocycles. The summed E-state index contributed by atoms with van der Waals surface area (Å²) in [6, 6.07) is 0. The molecule has 6 heteroatoms. The van der Waals surface area contributed by atoms with Gasteiger partial charge in [0.1, 0.15) is 12.2 Å². The van der Waals surface area contributed by atoms with Gasteiger partial charge in [-0.2, -0.15) is 5.10 Å². The molecular formula is C9H18N4O2. The van der Waals surface area contributed by atoms with Crippen LogP contribution in [0.5, 0.6) is 0 Å². The van der Waals surface area contributed by atoms with Crippen LogP contribution in [0.15, 0.2) is 6.33 Å². The van der Waals surface area contributed by atoms with Crippen molar-refractivity contribution < 1.29 is 9.47 Å². The highest BCUT2D eigenvalue weighted by Crippen LogP contribution is 1.88. The third-order valence-electron chi connectivity index (χ3n) is 1.94. The molecule has 6 nitrogen and oxygen atoms in total. The Labute approximate surface area is 89.6 Å². The molecule has 0 fully saturated rings. The number of nitrogens with zero attached hydrogens (tertiary/aromatic N) is 3. The standard InChI is InChI=1S/C9H18N4O2/c1-13-9(11-8-12-13)7-10-3-4-15-6-5-14-2/h8,10H,3-7H2,1-2H3. The fraction of sp³-hybridized carbons (Fsp3) is 0.778. The van der Waals surface area contributed by atoms with Gasteiger partial charge in [0.05, 0.1) is 26.4 Å². The van der Waals surface area contributed by atoms with Crippen LogP contribution in [-0.2, 0) is 23.1 Å². The van der Waals surface area contributed by atoms with Crippen LogP contribution in [0.3, 0.4) is 0 Å². The van der Waals surface area contributed by atoms with E-state index in [0.717, 1.165) is 12.4 Å². The Kier molecular flexibility index (Phi) is 5.91. The van der Waals surface area contributed by atoms with E-state index in [4.69, 9.17) is 9.47 Å². The molecule has 0 aliphatic heterocycles. The number of ether oxygens (including phenoxy) is 2. The van der Waals surface area contributed by atoms with Crippen molar-refractivity contribution in [2.75, 3.05) is 33.5 Å². The van der Waals surface area contributed by atoms with Gasteiger partial charge in [0.2, 0.25) is 0 Å². The van der Waals surface area contributed by atoms with Gasteiger partial charge in [-0.1, -0.05) is 0 Å². The summed E-state index contributed by atoms with van der Waals surface area (Å²) < 4.78 is 11.9. The molecule has 86 valence electrons. The molecule has 0 saturated carbocycles. The molecule has 15 heavy (non-hydrogen) atoms. The molecule has 0 spiro atoms. The molecule has 0 aliphatic carbocycles. The minimum atomic E-state index is 0.641. The van der Waals surface area contributed by atoms with Crippen molar-refractivity contribution in [3.8, 4) is 0 Å². The zero-order valence-electron chi connectivity index (χ0n) is 9.27. The lowest BCUT2D eigenvalue weighted by Crippen LogP contribution is -2.22. The summed E-state index contributed by atoms with van der Waals surface area (Å²) >= 11 is 0. The lowest BCUT2D eigenvalue weighted by Gasteiger charge is -2.05. The number of aromatic nitrogens is 3. The quantitative estimate of drug-likeness (QED) is 0.595. The van der Waals surface area contributed by atoms with Gasteiger partial charge in [0.25, 0.3) is 0 Å². The summed E-state index contributed by atoms with van der Waals surface area (Å²) in [4.78, 5) is 4.09. The van der Waals surface area contributed by atoms with Gasteiger partial charge in [-0.25, -0.2) is 4.98 Å². The summed E-state index contributed by atoms with van der Waals surface area (Å²) in [5.74, 6) is 0.923. The Morgan fingerprint density at radius 2 is 2.27 bits per heavy atom. The minimum Gasteiger partial charge on any atom is -0.382 e. The van der Waals surface area contributed by atoms with E-state index < -0.39 is 0 Å². The first-order valence-electron chi connectivity index (χ1n) is 4.95. The molecule has 0 aliphatic rings. The first kappa shape index (κ1) is 12.1. The molecule has 1 rings (SSSR count). The number of hydrogen-bond donors (Lipinski definition) is 1. The Bertz CT molecular complexity index is 264. The topological polar surface area (TPSA) is 61.2 Å². The van der Waals surface area contributed by atoms with E-state index in [1.54, 1.807) is 18.1 Å². The summed E-state index contributed by atoms with van der Waals surface area (Å²) in [5.41, 5.74) is 0. The monoisotopic (exact) mass is 214 g/mol. The van der Waals surface area contributed by atoms with E-state index in [0.29, 0.717) is 26.4 Å². The molecule has 0 radical (unpaired) electrons. The highest BCUT2D eigenvalue weighted by Gasteiger charge is 1.98. The van der Waals surface area contributed by atoms with Crippen LogP contribution in [0.4, 0.5) is 0 Å². The second kappa shape index (κ2) is 7.33. The fourth-order valence-corrected chi connectivity index (χ4v) is 1.07. The molecular weight excluding hydrogens is 196 g/mol. The second-order valence-electron chi connectivity index (χ2n) is 3.08. The van der Waals surface area contributed by atoms with E-state index in [9.17, 15) is 0 Å². The maximum atomic E-state index is 5.29. The highest BCUT2D eigenvalue weighted by atomic mass is 16.5. The third-order valence-corrected chi connectivity index (χ3v) is 1.94. The predicted molar refractivity (Wildman–Crippen MR) is 55.4 cm³/mol. The van der Waals surface area contributed by atoms with Crippen molar-refractivity contribution in [1.29, 1.82) is 0 Å². The van der Waals surface area contributed by atoms with E-state index >= 15 is 0 Å². The van der Waals surface area contributed by atoms with Crippen LogP contribution in [0.2, 0.25) is 0 Å². The molecule has 0 unspecified atom stereocenters. The summed E-state index contributed by atoms with van der Waals surface area (Å²) in [5, 5.41) is 7.19. The van der Waals surface area contributed by atoms with Crippen LogP contribution in [0.1, 0.15) is 5.82 Å². The first-order chi connectivity index (χ1) is 7.34. The maximum Gasteiger partial charge on any atom is 0.140 e. The normalized spacial score (nSPS) is 10.8.